The van der Waals surface area contributed by atoms with Gasteiger partial charge >= 0.3 is 5.97 Å². The van der Waals surface area contributed by atoms with Crippen LogP contribution in [0.25, 0.3) is 0 Å². The standard InChI is InChI=1S/C18H18Cl2N2O6S/c1-2-27-13-4-6-14(7-5-13)29(25,26)21-10-18(24)28-11-17(23)22-16-9-12(19)3-8-15(16)20/h3-9,21H,2,10-11H2,1H3,(H,22,23). The van der Waals surface area contributed by atoms with Gasteiger partial charge in [0.25, 0.3) is 5.91 Å². The zero-order valence-corrected chi connectivity index (χ0v) is 17.6. The summed E-state index contributed by atoms with van der Waals surface area (Å²) < 4.78 is 36.5. The first-order valence-electron chi connectivity index (χ1n) is 8.34. The van der Waals surface area contributed by atoms with Crippen LogP contribution in [0.15, 0.2) is 47.4 Å². The molecule has 0 aliphatic rings. The Morgan fingerprint density at radius 2 is 1.76 bits per heavy atom. The fraction of sp³-hybridized carbons (Fsp3) is 0.222. The fourth-order valence-electron chi connectivity index (χ4n) is 2.10. The van der Waals surface area contributed by atoms with Crippen LogP contribution in [0.2, 0.25) is 10.0 Å². The van der Waals surface area contributed by atoms with E-state index in [1.54, 1.807) is 6.07 Å². The summed E-state index contributed by atoms with van der Waals surface area (Å²) in [5.41, 5.74) is 0.261. The Bertz CT molecular complexity index is 980. The molecule has 0 fully saturated rings. The summed E-state index contributed by atoms with van der Waals surface area (Å²) in [7, 11) is -3.92. The van der Waals surface area contributed by atoms with Crippen LogP contribution in [0.1, 0.15) is 6.92 Å². The zero-order valence-electron chi connectivity index (χ0n) is 15.3. The van der Waals surface area contributed by atoms with Crippen molar-refractivity contribution >= 4 is 50.8 Å². The molecule has 0 bridgehead atoms. The number of esters is 1. The van der Waals surface area contributed by atoms with Gasteiger partial charge in [-0.3, -0.25) is 9.59 Å². The van der Waals surface area contributed by atoms with Gasteiger partial charge in [0.1, 0.15) is 12.3 Å². The van der Waals surface area contributed by atoms with Crippen LogP contribution in [-0.4, -0.2) is 40.1 Å². The van der Waals surface area contributed by atoms with E-state index in [0.29, 0.717) is 17.4 Å². The van der Waals surface area contributed by atoms with Crippen LogP contribution in [0.5, 0.6) is 5.75 Å². The van der Waals surface area contributed by atoms with E-state index in [9.17, 15) is 18.0 Å². The number of amides is 1. The molecule has 2 aromatic rings. The molecule has 0 saturated carbocycles. The summed E-state index contributed by atoms with van der Waals surface area (Å²) >= 11 is 11.7. The number of nitrogens with one attached hydrogen (secondary N) is 2. The van der Waals surface area contributed by atoms with Crippen molar-refractivity contribution in [1.82, 2.24) is 4.72 Å². The van der Waals surface area contributed by atoms with Gasteiger partial charge < -0.3 is 14.8 Å². The number of benzene rings is 2. The van der Waals surface area contributed by atoms with Gasteiger partial charge in [-0.1, -0.05) is 23.2 Å². The molecule has 156 valence electrons. The van der Waals surface area contributed by atoms with Crippen molar-refractivity contribution in [2.75, 3.05) is 25.1 Å². The van der Waals surface area contributed by atoms with Crippen LogP contribution >= 0.6 is 23.2 Å². The smallest absolute Gasteiger partial charge is 0.321 e. The van der Waals surface area contributed by atoms with Crippen LogP contribution in [-0.2, 0) is 24.3 Å². The lowest BCUT2D eigenvalue weighted by molar-refractivity contribution is -0.146. The zero-order chi connectivity index (χ0) is 21.4. The third-order valence-electron chi connectivity index (χ3n) is 3.42. The van der Waals surface area contributed by atoms with Gasteiger partial charge in [-0.05, 0) is 49.4 Å². The van der Waals surface area contributed by atoms with E-state index in [1.165, 1.54) is 36.4 Å². The second kappa shape index (κ2) is 10.4. The topological polar surface area (TPSA) is 111 Å². The normalized spacial score (nSPS) is 11.0. The lowest BCUT2D eigenvalue weighted by Crippen LogP contribution is -2.32. The first-order chi connectivity index (χ1) is 13.7. The SMILES string of the molecule is CCOc1ccc(S(=O)(=O)NCC(=O)OCC(=O)Nc2cc(Cl)ccc2Cl)cc1. The van der Waals surface area contributed by atoms with E-state index in [0.717, 1.165) is 0 Å². The molecule has 11 heteroatoms. The van der Waals surface area contributed by atoms with Gasteiger partial charge in [0.05, 0.1) is 22.2 Å². The molecule has 2 rings (SSSR count). The van der Waals surface area contributed by atoms with Gasteiger partial charge in [0, 0.05) is 5.02 Å². The molecule has 0 heterocycles. The van der Waals surface area contributed by atoms with Crippen LogP contribution in [0, 0.1) is 0 Å². The van der Waals surface area contributed by atoms with E-state index < -0.39 is 35.1 Å². The monoisotopic (exact) mass is 460 g/mol. The van der Waals surface area contributed by atoms with Crippen molar-refractivity contribution in [2.24, 2.45) is 0 Å². The van der Waals surface area contributed by atoms with Gasteiger partial charge in [-0.25, -0.2) is 8.42 Å². The molecule has 29 heavy (non-hydrogen) atoms. The summed E-state index contributed by atoms with van der Waals surface area (Å²) in [6.45, 7) is 1.00. The van der Waals surface area contributed by atoms with Gasteiger partial charge in [-0.15, -0.1) is 0 Å². The lowest BCUT2D eigenvalue weighted by Gasteiger charge is -2.10. The van der Waals surface area contributed by atoms with Crippen molar-refractivity contribution in [3.8, 4) is 5.75 Å². The summed E-state index contributed by atoms with van der Waals surface area (Å²) in [5, 5.41) is 3.06. The van der Waals surface area contributed by atoms with E-state index >= 15 is 0 Å². The second-order valence-corrected chi connectivity index (χ2v) is 8.17. The largest absolute Gasteiger partial charge is 0.494 e. The van der Waals surface area contributed by atoms with E-state index in [2.05, 4.69) is 10.0 Å². The first kappa shape index (κ1) is 23.0. The average Bonchev–Trinajstić information content (AvgIpc) is 2.68. The minimum Gasteiger partial charge on any atom is -0.494 e. The summed E-state index contributed by atoms with van der Waals surface area (Å²) in [6, 6.07) is 10.2. The Hall–Kier alpha value is -2.33. The average molecular weight is 461 g/mol. The molecule has 2 aromatic carbocycles. The molecule has 8 nitrogen and oxygen atoms in total. The third-order valence-corrected chi connectivity index (χ3v) is 5.40. The van der Waals surface area contributed by atoms with E-state index in [4.69, 9.17) is 32.7 Å². The molecule has 0 atom stereocenters. The van der Waals surface area contributed by atoms with Crippen LogP contribution < -0.4 is 14.8 Å². The number of rotatable bonds is 9. The van der Waals surface area contributed by atoms with Crippen LogP contribution in [0.3, 0.4) is 0 Å². The van der Waals surface area contributed by atoms with Crippen molar-refractivity contribution in [2.45, 2.75) is 11.8 Å². The molecule has 2 N–H and O–H groups in total. The van der Waals surface area contributed by atoms with Crippen molar-refractivity contribution < 1.29 is 27.5 Å². The maximum atomic E-state index is 12.2. The van der Waals surface area contributed by atoms with Crippen molar-refractivity contribution in [1.29, 1.82) is 0 Å². The molecular formula is C18H18Cl2N2O6S. The molecule has 1 amide bonds. The van der Waals surface area contributed by atoms with E-state index in [-0.39, 0.29) is 15.6 Å². The van der Waals surface area contributed by atoms with Gasteiger partial charge in [-0.2, -0.15) is 4.72 Å². The highest BCUT2D eigenvalue weighted by molar-refractivity contribution is 7.89. The highest BCUT2D eigenvalue weighted by atomic mass is 35.5. The highest BCUT2D eigenvalue weighted by Crippen LogP contribution is 2.25. The molecular weight excluding hydrogens is 443 g/mol. The molecule has 0 unspecified atom stereocenters. The molecule has 0 aliphatic carbocycles. The lowest BCUT2D eigenvalue weighted by atomic mass is 10.3. The highest BCUT2D eigenvalue weighted by Gasteiger charge is 2.17. The van der Waals surface area contributed by atoms with Crippen molar-refractivity contribution in [3.05, 3.63) is 52.5 Å². The number of ether oxygens (including phenoxy) is 2. The van der Waals surface area contributed by atoms with Crippen LogP contribution in [0.4, 0.5) is 5.69 Å². The second-order valence-electron chi connectivity index (χ2n) is 5.56. The molecule has 0 spiro atoms. The molecule has 0 saturated heterocycles. The Balaban J connectivity index is 1.82. The number of hydrogen-bond donors (Lipinski definition) is 2. The molecule has 0 aliphatic heterocycles. The maximum absolute atomic E-state index is 12.2. The number of anilines is 1. The predicted octanol–water partition coefficient (Wildman–Crippen LogP) is 2.85. The van der Waals surface area contributed by atoms with Crippen molar-refractivity contribution in [3.63, 3.8) is 0 Å². The minimum atomic E-state index is -3.92. The third kappa shape index (κ3) is 7.21. The summed E-state index contributed by atoms with van der Waals surface area (Å²) in [5.74, 6) is -1.06. The number of carbonyl (C=O) groups excluding carboxylic acids is 2. The summed E-state index contributed by atoms with van der Waals surface area (Å²) in [6.07, 6.45) is 0. The minimum absolute atomic E-state index is 0.0397. The number of sulfonamides is 1. The number of carbonyl (C=O) groups is 2. The van der Waals surface area contributed by atoms with E-state index in [1.807, 2.05) is 6.92 Å². The predicted molar refractivity (Wildman–Crippen MR) is 109 cm³/mol. The Kier molecular flexibility index (Phi) is 8.27. The first-order valence-corrected chi connectivity index (χ1v) is 10.6. The Morgan fingerprint density at radius 1 is 1.07 bits per heavy atom. The quantitative estimate of drug-likeness (QED) is 0.556. The maximum Gasteiger partial charge on any atom is 0.321 e. The number of halogens is 2. The Labute approximate surface area is 178 Å². The molecule has 0 aromatic heterocycles. The molecule has 0 radical (unpaired) electrons. The fourth-order valence-corrected chi connectivity index (χ4v) is 3.40. The van der Waals surface area contributed by atoms with Gasteiger partial charge in [0.2, 0.25) is 10.0 Å². The number of hydrogen-bond acceptors (Lipinski definition) is 6. The summed E-state index contributed by atoms with van der Waals surface area (Å²) in [4.78, 5) is 23.5. The Morgan fingerprint density at radius 3 is 2.41 bits per heavy atom. The van der Waals surface area contributed by atoms with Gasteiger partial charge in [0.15, 0.2) is 6.61 Å².